The van der Waals surface area contributed by atoms with Gasteiger partial charge in [0, 0.05) is 28.3 Å². The number of carbonyl (C=O) groups is 2. The van der Waals surface area contributed by atoms with Gasteiger partial charge in [-0.2, -0.15) is 0 Å². The molecule has 4 heteroatoms. The topological polar surface area (TPSA) is 34.1 Å². The number of rotatable bonds is 1. The Morgan fingerprint density at radius 2 is 1.94 bits per heavy atom. The Hall–Kier alpha value is -0.860. The molecule has 17 heavy (non-hydrogen) atoms. The summed E-state index contributed by atoms with van der Waals surface area (Å²) in [6.07, 6.45) is 0.442. The van der Waals surface area contributed by atoms with Crippen LogP contribution in [0.1, 0.15) is 31.2 Å². The number of carbonyl (C=O) groups excluding carboxylic acids is 2. The van der Waals surface area contributed by atoms with Gasteiger partial charge in [0.05, 0.1) is 6.42 Å². The lowest BCUT2D eigenvalue weighted by molar-refractivity contribution is -0.133. The summed E-state index contributed by atoms with van der Waals surface area (Å²) < 4.78 is 0. The molecule has 0 amide bonds. The van der Waals surface area contributed by atoms with Gasteiger partial charge in [0.1, 0.15) is 11.6 Å². The molecule has 0 aliphatic heterocycles. The average molecular weight is 271 g/mol. The van der Waals surface area contributed by atoms with Crippen LogP contribution in [0.2, 0.25) is 10.0 Å². The van der Waals surface area contributed by atoms with E-state index in [2.05, 4.69) is 0 Å². The highest BCUT2D eigenvalue weighted by atomic mass is 35.5. The van der Waals surface area contributed by atoms with E-state index in [4.69, 9.17) is 23.2 Å². The van der Waals surface area contributed by atoms with Crippen molar-refractivity contribution in [1.29, 1.82) is 0 Å². The Morgan fingerprint density at radius 1 is 1.24 bits per heavy atom. The van der Waals surface area contributed by atoms with Gasteiger partial charge >= 0.3 is 0 Å². The molecule has 2 nitrogen and oxygen atoms in total. The van der Waals surface area contributed by atoms with E-state index >= 15 is 0 Å². The molecule has 0 bridgehead atoms. The van der Waals surface area contributed by atoms with Crippen LogP contribution in [0.25, 0.3) is 0 Å². The summed E-state index contributed by atoms with van der Waals surface area (Å²) in [4.78, 5) is 23.2. The van der Waals surface area contributed by atoms with Crippen molar-refractivity contribution >= 4 is 34.8 Å². The molecule has 2 rings (SSSR count). The summed E-state index contributed by atoms with van der Waals surface area (Å²) in [7, 11) is 0. The summed E-state index contributed by atoms with van der Waals surface area (Å²) >= 11 is 11.9. The second kappa shape index (κ2) is 4.79. The Labute approximate surface area is 110 Å². The van der Waals surface area contributed by atoms with E-state index in [0.29, 0.717) is 16.5 Å². The smallest absolute Gasteiger partial charge is 0.143 e. The van der Waals surface area contributed by atoms with E-state index < -0.39 is 0 Å². The number of halogens is 2. The number of benzene rings is 1. The summed E-state index contributed by atoms with van der Waals surface area (Å²) in [5.74, 6) is -0.290. The third-order valence-corrected chi connectivity index (χ3v) is 3.85. The van der Waals surface area contributed by atoms with Crippen LogP contribution in [0.15, 0.2) is 18.2 Å². The molecule has 1 aliphatic rings. The van der Waals surface area contributed by atoms with Crippen molar-refractivity contribution in [1.82, 2.24) is 0 Å². The zero-order chi connectivity index (χ0) is 12.6. The van der Waals surface area contributed by atoms with Gasteiger partial charge in [-0.3, -0.25) is 9.59 Å². The fourth-order valence-corrected chi connectivity index (χ4v) is 2.80. The molecule has 0 spiro atoms. The standard InChI is InChI=1S/C13H12Cl2O2/c1-7-11(5-9(16)6-13(7)17)10-3-2-8(14)4-12(10)15/h2-4,7,11H,5-6H2,1H3/t7-,11+/m1/s1. The minimum Gasteiger partial charge on any atom is -0.299 e. The molecular formula is C13H12Cl2O2. The normalized spacial score (nSPS) is 25.1. The van der Waals surface area contributed by atoms with E-state index in [1.165, 1.54) is 0 Å². The molecule has 0 N–H and O–H groups in total. The molecule has 1 aromatic carbocycles. The van der Waals surface area contributed by atoms with Crippen molar-refractivity contribution < 1.29 is 9.59 Å². The first kappa shape index (κ1) is 12.6. The van der Waals surface area contributed by atoms with Gasteiger partial charge < -0.3 is 0 Å². The minimum atomic E-state index is -0.161. The SMILES string of the molecule is C[C@H]1C(=O)CC(=O)C[C@@H]1c1ccc(Cl)cc1Cl. The summed E-state index contributed by atoms with van der Waals surface area (Å²) in [6.45, 7) is 1.85. The Bertz CT molecular complexity index is 482. The van der Waals surface area contributed by atoms with Crippen molar-refractivity contribution in [3.63, 3.8) is 0 Å². The van der Waals surface area contributed by atoms with Crippen molar-refractivity contribution in [3.05, 3.63) is 33.8 Å². The van der Waals surface area contributed by atoms with E-state index in [1.54, 1.807) is 18.2 Å². The van der Waals surface area contributed by atoms with E-state index in [1.807, 2.05) is 6.92 Å². The number of hydrogen-bond acceptors (Lipinski definition) is 2. The molecular weight excluding hydrogens is 259 g/mol. The Morgan fingerprint density at radius 3 is 2.59 bits per heavy atom. The van der Waals surface area contributed by atoms with Gasteiger partial charge in [0.25, 0.3) is 0 Å². The van der Waals surface area contributed by atoms with Crippen LogP contribution in [-0.2, 0) is 9.59 Å². The lowest BCUT2D eigenvalue weighted by atomic mass is 9.75. The van der Waals surface area contributed by atoms with Gasteiger partial charge in [0.15, 0.2) is 0 Å². The Balaban J connectivity index is 2.37. The van der Waals surface area contributed by atoms with Crippen molar-refractivity contribution in [3.8, 4) is 0 Å². The quantitative estimate of drug-likeness (QED) is 0.731. The molecule has 0 unspecified atom stereocenters. The van der Waals surface area contributed by atoms with E-state index in [-0.39, 0.29) is 29.8 Å². The predicted octanol–water partition coefficient (Wildman–Crippen LogP) is 3.65. The molecule has 1 fully saturated rings. The van der Waals surface area contributed by atoms with Crippen molar-refractivity contribution in [2.45, 2.75) is 25.7 Å². The van der Waals surface area contributed by atoms with Crippen LogP contribution in [0, 0.1) is 5.92 Å². The number of Topliss-reactive ketones (excluding diaryl/α,β-unsaturated/α-hetero) is 2. The second-order valence-corrected chi connectivity index (χ2v) is 5.29. The molecule has 90 valence electrons. The summed E-state index contributed by atoms with van der Waals surface area (Å²) in [5, 5.41) is 1.08. The molecule has 0 aromatic heterocycles. The number of hydrogen-bond donors (Lipinski definition) is 0. The molecule has 2 atom stereocenters. The first-order valence-corrected chi connectivity index (χ1v) is 6.24. The monoisotopic (exact) mass is 270 g/mol. The molecule has 1 aromatic rings. The summed E-state index contributed by atoms with van der Waals surface area (Å²) in [5.41, 5.74) is 0.838. The van der Waals surface area contributed by atoms with Crippen LogP contribution < -0.4 is 0 Å². The zero-order valence-electron chi connectivity index (χ0n) is 9.37. The van der Waals surface area contributed by atoms with Crippen molar-refractivity contribution in [2.75, 3.05) is 0 Å². The highest BCUT2D eigenvalue weighted by Gasteiger charge is 2.34. The molecule has 1 aliphatic carbocycles. The lowest BCUT2D eigenvalue weighted by Gasteiger charge is -2.27. The molecule has 0 heterocycles. The van der Waals surface area contributed by atoms with Crippen molar-refractivity contribution in [2.24, 2.45) is 5.92 Å². The summed E-state index contributed by atoms with van der Waals surface area (Å²) in [6, 6.07) is 5.19. The van der Waals surface area contributed by atoms with Crippen LogP contribution in [0.3, 0.4) is 0 Å². The molecule has 0 saturated heterocycles. The maximum absolute atomic E-state index is 11.7. The van der Waals surface area contributed by atoms with Gasteiger partial charge in [0.2, 0.25) is 0 Å². The number of ketones is 2. The van der Waals surface area contributed by atoms with E-state index in [0.717, 1.165) is 5.56 Å². The van der Waals surface area contributed by atoms with Gasteiger partial charge in [-0.15, -0.1) is 0 Å². The second-order valence-electron chi connectivity index (χ2n) is 4.45. The van der Waals surface area contributed by atoms with E-state index in [9.17, 15) is 9.59 Å². The fourth-order valence-electron chi connectivity index (χ4n) is 2.26. The highest BCUT2D eigenvalue weighted by molar-refractivity contribution is 6.35. The van der Waals surface area contributed by atoms with Crippen LogP contribution in [-0.4, -0.2) is 11.6 Å². The average Bonchev–Trinajstić information content (AvgIpc) is 2.24. The molecule has 1 saturated carbocycles. The fraction of sp³-hybridized carbons (Fsp3) is 0.385. The predicted molar refractivity (Wildman–Crippen MR) is 67.6 cm³/mol. The lowest BCUT2D eigenvalue weighted by Crippen LogP contribution is -2.30. The Kier molecular flexibility index (Phi) is 3.55. The van der Waals surface area contributed by atoms with Gasteiger partial charge in [-0.05, 0) is 17.7 Å². The minimum absolute atomic E-state index is 0.00253. The third-order valence-electron chi connectivity index (χ3n) is 3.29. The molecule has 0 radical (unpaired) electrons. The third kappa shape index (κ3) is 2.53. The van der Waals surface area contributed by atoms with Crippen LogP contribution >= 0.6 is 23.2 Å². The van der Waals surface area contributed by atoms with Crippen LogP contribution in [0.4, 0.5) is 0 Å². The maximum Gasteiger partial charge on any atom is 0.143 e. The first-order chi connectivity index (χ1) is 7.99. The largest absolute Gasteiger partial charge is 0.299 e. The van der Waals surface area contributed by atoms with Crippen LogP contribution in [0.5, 0.6) is 0 Å². The van der Waals surface area contributed by atoms with Gasteiger partial charge in [-0.25, -0.2) is 0 Å². The highest BCUT2D eigenvalue weighted by Crippen LogP contribution is 2.38. The first-order valence-electron chi connectivity index (χ1n) is 5.48. The van der Waals surface area contributed by atoms with Gasteiger partial charge in [-0.1, -0.05) is 36.2 Å². The zero-order valence-corrected chi connectivity index (χ0v) is 10.9. The maximum atomic E-state index is 11.7.